The first-order valence-corrected chi connectivity index (χ1v) is 10.6. The van der Waals surface area contributed by atoms with Crippen molar-refractivity contribution in [2.24, 2.45) is 0 Å². The molecule has 0 fully saturated rings. The van der Waals surface area contributed by atoms with Crippen molar-refractivity contribution >= 4 is 23.4 Å². The third-order valence-corrected chi connectivity index (χ3v) is 4.66. The van der Waals surface area contributed by atoms with E-state index in [1.807, 2.05) is 36.4 Å². The van der Waals surface area contributed by atoms with Crippen LogP contribution >= 0.6 is 0 Å². The Hall–Kier alpha value is -4.23. The summed E-state index contributed by atoms with van der Waals surface area (Å²) in [5.41, 5.74) is 7.57. The van der Waals surface area contributed by atoms with E-state index in [9.17, 15) is 14.4 Å². The lowest BCUT2D eigenvalue weighted by molar-refractivity contribution is -0.118. The third kappa shape index (κ3) is 6.63. The summed E-state index contributed by atoms with van der Waals surface area (Å²) in [6.45, 7) is 1.57. The number of hydrogen-bond donors (Lipinski definition) is 3. The molecule has 0 unspecified atom stereocenters. The highest BCUT2D eigenvalue weighted by Crippen LogP contribution is 2.24. The number of ether oxygens (including phenoxy) is 2. The number of alkyl halides is 1. The highest BCUT2D eigenvalue weighted by Gasteiger charge is 2.24. The molecule has 176 valence electrons. The van der Waals surface area contributed by atoms with Crippen molar-refractivity contribution in [1.29, 1.82) is 5.26 Å². The Bertz CT molecular complexity index is 1150. The number of carbonyl (C=O) groups is 1. The monoisotopic (exact) mass is 464 g/mol. The largest absolute Gasteiger partial charge is 0.477 e. The van der Waals surface area contributed by atoms with Crippen LogP contribution in [0.2, 0.25) is 0 Å². The number of nitriles is 1. The van der Waals surface area contributed by atoms with Gasteiger partial charge in [0.15, 0.2) is 11.4 Å². The fourth-order valence-electron chi connectivity index (χ4n) is 3.08. The van der Waals surface area contributed by atoms with Crippen molar-refractivity contribution in [3.05, 3.63) is 71.3 Å². The van der Waals surface area contributed by atoms with Gasteiger partial charge in [0.1, 0.15) is 18.8 Å². The van der Waals surface area contributed by atoms with Gasteiger partial charge in [0.25, 0.3) is 0 Å². The predicted octanol–water partition coefficient (Wildman–Crippen LogP) is 3.43. The number of rotatable bonds is 11. The number of amides is 1. The van der Waals surface area contributed by atoms with Gasteiger partial charge in [-0.3, -0.25) is 4.79 Å². The molecule has 0 aliphatic carbocycles. The molecule has 4 N–H and O–H groups in total. The fourth-order valence-corrected chi connectivity index (χ4v) is 3.08. The number of hydrogen-bond acceptors (Lipinski definition) is 8. The molecule has 3 rings (SSSR count). The zero-order valence-electron chi connectivity index (χ0n) is 18.6. The van der Waals surface area contributed by atoms with Gasteiger partial charge in [0.05, 0.1) is 19.8 Å². The summed E-state index contributed by atoms with van der Waals surface area (Å²) in [6.07, 6.45) is 0. The summed E-state index contributed by atoms with van der Waals surface area (Å²) in [5, 5.41) is 15.3. The van der Waals surface area contributed by atoms with Crippen LogP contribution in [0.1, 0.15) is 23.6 Å². The average molecular weight is 465 g/mol. The predicted molar refractivity (Wildman–Crippen MR) is 126 cm³/mol. The summed E-state index contributed by atoms with van der Waals surface area (Å²) in [6, 6.07) is 16.9. The Kier molecular flexibility index (Phi) is 8.71. The van der Waals surface area contributed by atoms with E-state index in [0.29, 0.717) is 11.3 Å². The van der Waals surface area contributed by atoms with Crippen LogP contribution < -0.4 is 21.1 Å². The maximum absolute atomic E-state index is 13.1. The lowest BCUT2D eigenvalue weighted by atomic mass is 10.2. The first kappa shape index (κ1) is 24.4. The lowest BCUT2D eigenvalue weighted by Gasteiger charge is -2.20. The number of nitrogen functional groups attached to an aromatic ring is 1. The number of carbonyl (C=O) groups excluding carboxylic acids is 1. The first-order valence-electron chi connectivity index (χ1n) is 10.6. The molecule has 1 aromatic heterocycles. The van der Waals surface area contributed by atoms with E-state index in [-0.39, 0.29) is 43.0 Å². The summed E-state index contributed by atoms with van der Waals surface area (Å²) in [5.74, 6) is -0.535. The molecule has 1 atom stereocenters. The minimum absolute atomic E-state index is 0.0105. The molecule has 10 heteroatoms. The minimum atomic E-state index is -0.964. The summed E-state index contributed by atoms with van der Waals surface area (Å²) in [7, 11) is 0. The Labute approximate surface area is 196 Å². The van der Waals surface area contributed by atoms with E-state index in [0.717, 1.165) is 5.56 Å². The summed E-state index contributed by atoms with van der Waals surface area (Å²) in [4.78, 5) is 21.1. The third-order valence-electron chi connectivity index (χ3n) is 4.66. The molecular weight excluding hydrogens is 439 g/mol. The fraction of sp³-hybridized carbons (Fsp3) is 0.250. The maximum atomic E-state index is 13.1. The number of nitrogens with zero attached hydrogens (tertiary/aromatic N) is 3. The number of halogens is 1. The Morgan fingerprint density at radius 3 is 2.65 bits per heavy atom. The van der Waals surface area contributed by atoms with Gasteiger partial charge in [-0.25, -0.2) is 4.39 Å². The van der Waals surface area contributed by atoms with Crippen molar-refractivity contribution in [3.8, 4) is 11.9 Å². The second-order valence-corrected chi connectivity index (χ2v) is 7.18. The molecule has 0 bridgehead atoms. The van der Waals surface area contributed by atoms with Gasteiger partial charge in [0.2, 0.25) is 17.7 Å². The van der Waals surface area contributed by atoms with Crippen LogP contribution in [0.5, 0.6) is 5.88 Å². The van der Waals surface area contributed by atoms with Crippen LogP contribution in [0, 0.1) is 11.3 Å². The van der Waals surface area contributed by atoms with E-state index in [1.54, 1.807) is 25.1 Å². The van der Waals surface area contributed by atoms with E-state index >= 15 is 0 Å². The van der Waals surface area contributed by atoms with Crippen LogP contribution in [0.4, 0.5) is 21.8 Å². The zero-order valence-corrected chi connectivity index (χ0v) is 18.6. The molecule has 0 radical (unpaired) electrons. The molecule has 34 heavy (non-hydrogen) atoms. The number of nitrogens with one attached hydrogen (secondary N) is 2. The molecule has 3 aromatic rings. The highest BCUT2D eigenvalue weighted by molar-refractivity contribution is 5.96. The van der Waals surface area contributed by atoms with Crippen molar-refractivity contribution in [3.63, 3.8) is 0 Å². The molecule has 0 saturated carbocycles. The molecule has 0 spiro atoms. The smallest absolute Gasteiger partial charge is 0.249 e. The van der Waals surface area contributed by atoms with Gasteiger partial charge in [0, 0.05) is 5.69 Å². The molecule has 9 nitrogen and oxygen atoms in total. The lowest BCUT2D eigenvalue weighted by Crippen LogP contribution is -2.39. The average Bonchev–Trinajstić information content (AvgIpc) is 2.84. The van der Waals surface area contributed by atoms with E-state index in [1.165, 1.54) is 6.07 Å². The SMILES string of the molecule is CCOc1nc(N)nc(N[C@@H](COCc2ccccc2)C(=O)Nc2cccc(CF)c2)c1C#N. The molecule has 1 amide bonds. The quantitative estimate of drug-likeness (QED) is 0.393. The topological polar surface area (TPSA) is 135 Å². The standard InChI is InChI=1S/C24H25FN6O3/c1-2-34-23-19(13-26)21(30-24(27)31-23)29-20(15-33-14-16-7-4-3-5-8-16)22(32)28-18-10-6-9-17(11-18)12-25/h3-11,20H,2,12,14-15H2,1H3,(H,28,32)(H3,27,29,30,31)/t20-/m0/s1. The number of nitrogens with two attached hydrogens (primary N) is 1. The van der Waals surface area contributed by atoms with E-state index < -0.39 is 18.6 Å². The van der Waals surface area contributed by atoms with E-state index in [2.05, 4.69) is 20.6 Å². The zero-order chi connectivity index (χ0) is 24.3. The Morgan fingerprint density at radius 1 is 1.18 bits per heavy atom. The van der Waals surface area contributed by atoms with Gasteiger partial charge in [-0.05, 0) is 30.2 Å². The first-order chi connectivity index (χ1) is 16.5. The summed E-state index contributed by atoms with van der Waals surface area (Å²) >= 11 is 0. The van der Waals surface area contributed by atoms with E-state index in [4.69, 9.17) is 15.2 Å². The van der Waals surface area contributed by atoms with Crippen molar-refractivity contribution in [2.45, 2.75) is 26.2 Å². The molecule has 0 saturated heterocycles. The van der Waals surface area contributed by atoms with Gasteiger partial charge < -0.3 is 25.8 Å². The van der Waals surface area contributed by atoms with Gasteiger partial charge in [-0.15, -0.1) is 0 Å². The molecule has 0 aliphatic heterocycles. The number of anilines is 3. The van der Waals surface area contributed by atoms with Crippen LogP contribution in [-0.4, -0.2) is 35.1 Å². The van der Waals surface area contributed by atoms with Crippen LogP contribution in [0.25, 0.3) is 0 Å². The maximum Gasteiger partial charge on any atom is 0.249 e. The molecule has 0 aliphatic rings. The Balaban J connectivity index is 1.83. The molecule has 2 aromatic carbocycles. The second-order valence-electron chi connectivity index (χ2n) is 7.18. The van der Waals surface area contributed by atoms with Crippen molar-refractivity contribution < 1.29 is 18.7 Å². The minimum Gasteiger partial charge on any atom is -0.477 e. The second kappa shape index (κ2) is 12.1. The van der Waals surface area contributed by atoms with Gasteiger partial charge in [-0.1, -0.05) is 42.5 Å². The number of benzene rings is 2. The van der Waals surface area contributed by atoms with Gasteiger partial charge in [-0.2, -0.15) is 15.2 Å². The molecular formula is C24H25FN6O3. The Morgan fingerprint density at radius 2 is 1.94 bits per heavy atom. The van der Waals surface area contributed by atoms with Crippen LogP contribution in [0.3, 0.4) is 0 Å². The highest BCUT2D eigenvalue weighted by atomic mass is 19.1. The van der Waals surface area contributed by atoms with Crippen molar-refractivity contribution in [2.75, 3.05) is 29.6 Å². The van der Waals surface area contributed by atoms with Crippen LogP contribution in [0.15, 0.2) is 54.6 Å². The van der Waals surface area contributed by atoms with Crippen molar-refractivity contribution in [1.82, 2.24) is 9.97 Å². The normalized spacial score (nSPS) is 11.3. The number of aromatic nitrogens is 2. The molecule has 1 heterocycles. The van der Waals surface area contributed by atoms with Crippen LogP contribution in [-0.2, 0) is 22.8 Å². The summed E-state index contributed by atoms with van der Waals surface area (Å²) < 4.78 is 24.2. The van der Waals surface area contributed by atoms with Gasteiger partial charge >= 0.3 is 0 Å².